The predicted octanol–water partition coefficient (Wildman–Crippen LogP) is 3.30. The number of para-hydroxylation sites is 1. The molecule has 0 aliphatic carbocycles. The first kappa shape index (κ1) is 20.0. The van der Waals surface area contributed by atoms with E-state index in [0.29, 0.717) is 5.75 Å². The monoisotopic (exact) mass is 375 g/mol. The van der Waals surface area contributed by atoms with Crippen molar-refractivity contribution in [2.45, 2.75) is 44.2 Å². The van der Waals surface area contributed by atoms with Crippen molar-refractivity contribution < 1.29 is 17.9 Å². The van der Waals surface area contributed by atoms with Crippen LogP contribution in [0, 0.1) is 0 Å². The SMILES string of the molecule is CCc1ccccc1OC(C)C(=O)NC(C)c1ccc(S(C)(=O)=O)cc1. The molecule has 1 N–H and O–H groups in total. The van der Waals surface area contributed by atoms with E-state index >= 15 is 0 Å². The molecule has 0 saturated heterocycles. The maximum absolute atomic E-state index is 12.4. The van der Waals surface area contributed by atoms with Crippen molar-refractivity contribution in [3.05, 3.63) is 59.7 Å². The van der Waals surface area contributed by atoms with Gasteiger partial charge in [-0.15, -0.1) is 0 Å². The van der Waals surface area contributed by atoms with E-state index in [-0.39, 0.29) is 16.8 Å². The largest absolute Gasteiger partial charge is 0.481 e. The fourth-order valence-corrected chi connectivity index (χ4v) is 3.20. The molecule has 2 aromatic rings. The van der Waals surface area contributed by atoms with Gasteiger partial charge in [0.25, 0.3) is 5.91 Å². The molecule has 2 rings (SSSR count). The van der Waals surface area contributed by atoms with Crippen LogP contribution in [0.3, 0.4) is 0 Å². The molecule has 1 amide bonds. The summed E-state index contributed by atoms with van der Waals surface area (Å²) in [5.41, 5.74) is 1.88. The molecule has 0 spiro atoms. The number of hydrogen-bond acceptors (Lipinski definition) is 4. The first-order valence-corrected chi connectivity index (χ1v) is 10.5. The van der Waals surface area contributed by atoms with Crippen molar-refractivity contribution in [2.75, 3.05) is 6.26 Å². The second kappa shape index (κ2) is 8.36. The maximum atomic E-state index is 12.4. The number of sulfone groups is 1. The van der Waals surface area contributed by atoms with E-state index in [2.05, 4.69) is 5.32 Å². The van der Waals surface area contributed by atoms with E-state index in [0.717, 1.165) is 17.5 Å². The van der Waals surface area contributed by atoms with Crippen molar-refractivity contribution in [3.8, 4) is 5.75 Å². The molecule has 0 aromatic heterocycles. The number of amides is 1. The van der Waals surface area contributed by atoms with E-state index in [4.69, 9.17) is 4.74 Å². The van der Waals surface area contributed by atoms with Gasteiger partial charge < -0.3 is 10.1 Å². The smallest absolute Gasteiger partial charge is 0.261 e. The highest BCUT2D eigenvalue weighted by molar-refractivity contribution is 7.90. The minimum Gasteiger partial charge on any atom is -0.481 e. The molecule has 5 nitrogen and oxygen atoms in total. The lowest BCUT2D eigenvalue weighted by Gasteiger charge is -2.20. The van der Waals surface area contributed by atoms with E-state index < -0.39 is 15.9 Å². The van der Waals surface area contributed by atoms with Crippen molar-refractivity contribution in [3.63, 3.8) is 0 Å². The molecular weight excluding hydrogens is 350 g/mol. The summed E-state index contributed by atoms with van der Waals surface area (Å²) in [6.45, 7) is 5.59. The highest BCUT2D eigenvalue weighted by Gasteiger charge is 2.19. The third-order valence-corrected chi connectivity index (χ3v) is 5.32. The molecule has 2 aromatic carbocycles. The number of carbonyl (C=O) groups is 1. The average Bonchev–Trinajstić information content (AvgIpc) is 2.61. The zero-order valence-electron chi connectivity index (χ0n) is 15.5. The Balaban J connectivity index is 2.01. The van der Waals surface area contributed by atoms with Crippen LogP contribution < -0.4 is 10.1 Å². The highest BCUT2D eigenvalue weighted by atomic mass is 32.2. The summed E-state index contributed by atoms with van der Waals surface area (Å²) in [6.07, 6.45) is 1.36. The van der Waals surface area contributed by atoms with Crippen LogP contribution in [0.15, 0.2) is 53.4 Å². The number of aryl methyl sites for hydroxylation is 1. The number of nitrogens with one attached hydrogen (secondary N) is 1. The summed E-state index contributed by atoms with van der Waals surface area (Å²) >= 11 is 0. The van der Waals surface area contributed by atoms with E-state index in [1.807, 2.05) is 38.1 Å². The second-order valence-corrected chi connectivity index (χ2v) is 8.31. The highest BCUT2D eigenvalue weighted by Crippen LogP contribution is 2.20. The van der Waals surface area contributed by atoms with Gasteiger partial charge in [-0.05, 0) is 49.6 Å². The lowest BCUT2D eigenvalue weighted by atomic mass is 10.1. The second-order valence-electron chi connectivity index (χ2n) is 6.29. The van der Waals surface area contributed by atoms with Gasteiger partial charge in [0.15, 0.2) is 15.9 Å². The molecule has 0 fully saturated rings. The van der Waals surface area contributed by atoms with Crippen molar-refractivity contribution in [1.82, 2.24) is 5.32 Å². The van der Waals surface area contributed by atoms with Gasteiger partial charge in [-0.25, -0.2) is 8.42 Å². The van der Waals surface area contributed by atoms with Gasteiger partial charge in [0.2, 0.25) is 0 Å². The molecule has 0 heterocycles. The van der Waals surface area contributed by atoms with Gasteiger partial charge in [0.05, 0.1) is 10.9 Å². The Morgan fingerprint density at radius 1 is 1.08 bits per heavy atom. The molecule has 0 aliphatic heterocycles. The van der Waals surface area contributed by atoms with Gasteiger partial charge in [-0.3, -0.25) is 4.79 Å². The zero-order valence-corrected chi connectivity index (χ0v) is 16.3. The third-order valence-electron chi connectivity index (χ3n) is 4.19. The predicted molar refractivity (Wildman–Crippen MR) is 102 cm³/mol. The molecule has 2 atom stereocenters. The Morgan fingerprint density at radius 2 is 1.69 bits per heavy atom. The molecule has 26 heavy (non-hydrogen) atoms. The van der Waals surface area contributed by atoms with Crippen LogP contribution in [0.4, 0.5) is 0 Å². The number of ether oxygens (including phenoxy) is 1. The average molecular weight is 375 g/mol. The summed E-state index contributed by atoms with van der Waals surface area (Å²) in [5, 5.41) is 2.90. The van der Waals surface area contributed by atoms with Crippen molar-refractivity contribution in [1.29, 1.82) is 0 Å². The Morgan fingerprint density at radius 3 is 2.27 bits per heavy atom. The summed E-state index contributed by atoms with van der Waals surface area (Å²) in [6, 6.07) is 13.9. The Labute approximate surface area is 155 Å². The van der Waals surface area contributed by atoms with Gasteiger partial charge >= 0.3 is 0 Å². The fraction of sp³-hybridized carbons (Fsp3) is 0.350. The molecule has 0 radical (unpaired) electrons. The lowest BCUT2D eigenvalue weighted by Crippen LogP contribution is -2.37. The summed E-state index contributed by atoms with van der Waals surface area (Å²) < 4.78 is 28.8. The molecule has 6 heteroatoms. The van der Waals surface area contributed by atoms with Gasteiger partial charge in [-0.1, -0.05) is 37.3 Å². The number of hydrogen-bond donors (Lipinski definition) is 1. The van der Waals surface area contributed by atoms with Gasteiger partial charge in [-0.2, -0.15) is 0 Å². The van der Waals surface area contributed by atoms with Crippen LogP contribution in [-0.4, -0.2) is 26.7 Å². The molecule has 0 bridgehead atoms. The minimum absolute atomic E-state index is 0.226. The Bertz CT molecular complexity index is 860. The van der Waals surface area contributed by atoms with Crippen LogP contribution in [0.2, 0.25) is 0 Å². The number of carbonyl (C=O) groups excluding carboxylic acids is 1. The first-order chi connectivity index (χ1) is 12.2. The van der Waals surface area contributed by atoms with Crippen molar-refractivity contribution in [2.24, 2.45) is 0 Å². The molecular formula is C20H25NO4S. The van der Waals surface area contributed by atoms with Gasteiger partial charge in [0, 0.05) is 6.26 Å². The van der Waals surface area contributed by atoms with Crippen LogP contribution in [-0.2, 0) is 21.1 Å². The molecule has 2 unspecified atom stereocenters. The third kappa shape index (κ3) is 5.08. The normalized spacial score (nSPS) is 13.7. The fourth-order valence-electron chi connectivity index (χ4n) is 2.57. The number of rotatable bonds is 7. The minimum atomic E-state index is -3.23. The molecule has 0 aliphatic rings. The summed E-state index contributed by atoms with van der Waals surface area (Å²) in [7, 11) is -3.23. The maximum Gasteiger partial charge on any atom is 0.261 e. The Kier molecular flexibility index (Phi) is 6.42. The summed E-state index contributed by atoms with van der Waals surface area (Å²) in [4.78, 5) is 12.7. The van der Waals surface area contributed by atoms with E-state index in [1.165, 1.54) is 6.26 Å². The first-order valence-electron chi connectivity index (χ1n) is 8.57. The van der Waals surface area contributed by atoms with E-state index in [9.17, 15) is 13.2 Å². The quantitative estimate of drug-likeness (QED) is 0.806. The van der Waals surface area contributed by atoms with Gasteiger partial charge in [0.1, 0.15) is 5.75 Å². The molecule has 140 valence electrons. The molecule has 0 saturated carbocycles. The Hall–Kier alpha value is -2.34. The van der Waals surface area contributed by atoms with Crippen LogP contribution in [0.1, 0.15) is 37.9 Å². The topological polar surface area (TPSA) is 72.5 Å². The lowest BCUT2D eigenvalue weighted by molar-refractivity contribution is -0.127. The number of benzene rings is 2. The van der Waals surface area contributed by atoms with E-state index in [1.54, 1.807) is 31.2 Å². The van der Waals surface area contributed by atoms with Crippen LogP contribution in [0.25, 0.3) is 0 Å². The van der Waals surface area contributed by atoms with Crippen LogP contribution >= 0.6 is 0 Å². The standard InChI is InChI=1S/C20H25NO4S/c1-5-16-8-6-7-9-19(16)25-15(3)20(22)21-14(2)17-10-12-18(13-11-17)26(4,23)24/h6-15H,5H2,1-4H3,(H,21,22). The zero-order chi connectivity index (χ0) is 19.3. The van der Waals surface area contributed by atoms with Crippen LogP contribution in [0.5, 0.6) is 5.75 Å². The van der Waals surface area contributed by atoms with Crippen molar-refractivity contribution >= 4 is 15.7 Å². The summed E-state index contributed by atoms with van der Waals surface area (Å²) in [5.74, 6) is 0.485.